The van der Waals surface area contributed by atoms with Crippen LogP contribution in [0.15, 0.2) is 53.6 Å². The maximum atomic E-state index is 12.3. The predicted molar refractivity (Wildman–Crippen MR) is 87.5 cm³/mol. The number of piperazine rings is 1. The SMILES string of the molecule is O=c1n(CN2CCN(c3ccccn3)CC2)nc2ccccn12. The molecule has 118 valence electrons. The Morgan fingerprint density at radius 3 is 2.57 bits per heavy atom. The molecule has 4 rings (SSSR count). The van der Waals surface area contributed by atoms with E-state index in [1.807, 2.05) is 42.6 Å². The van der Waals surface area contributed by atoms with E-state index in [-0.39, 0.29) is 5.69 Å². The van der Waals surface area contributed by atoms with Crippen molar-refractivity contribution >= 4 is 11.5 Å². The Morgan fingerprint density at radius 1 is 1.00 bits per heavy atom. The Morgan fingerprint density at radius 2 is 1.83 bits per heavy atom. The van der Waals surface area contributed by atoms with Gasteiger partial charge in [0.2, 0.25) is 0 Å². The molecule has 0 radical (unpaired) electrons. The molecule has 0 atom stereocenters. The van der Waals surface area contributed by atoms with E-state index in [0.29, 0.717) is 12.3 Å². The highest BCUT2D eigenvalue weighted by Crippen LogP contribution is 2.12. The summed E-state index contributed by atoms with van der Waals surface area (Å²) in [6, 6.07) is 11.5. The number of nitrogens with zero attached hydrogens (tertiary/aromatic N) is 6. The van der Waals surface area contributed by atoms with Gasteiger partial charge in [0.05, 0.1) is 6.67 Å². The van der Waals surface area contributed by atoms with Gasteiger partial charge in [-0.2, -0.15) is 4.68 Å². The van der Waals surface area contributed by atoms with Crippen LogP contribution >= 0.6 is 0 Å². The van der Waals surface area contributed by atoms with Crippen molar-refractivity contribution in [1.29, 1.82) is 0 Å². The summed E-state index contributed by atoms with van der Waals surface area (Å²) < 4.78 is 3.11. The van der Waals surface area contributed by atoms with Gasteiger partial charge in [-0.15, -0.1) is 5.10 Å². The van der Waals surface area contributed by atoms with E-state index in [0.717, 1.165) is 32.0 Å². The number of pyridine rings is 2. The number of fused-ring (bicyclic) bond motifs is 1. The van der Waals surface area contributed by atoms with E-state index in [1.165, 1.54) is 4.68 Å². The van der Waals surface area contributed by atoms with Crippen LogP contribution in [-0.4, -0.2) is 50.2 Å². The highest BCUT2D eigenvalue weighted by Gasteiger charge is 2.19. The number of rotatable bonds is 3. The molecule has 1 aliphatic heterocycles. The Bertz CT molecular complexity index is 848. The van der Waals surface area contributed by atoms with Crippen molar-refractivity contribution in [3.8, 4) is 0 Å². The summed E-state index contributed by atoms with van der Waals surface area (Å²) in [6.07, 6.45) is 3.57. The lowest BCUT2D eigenvalue weighted by Crippen LogP contribution is -2.48. The summed E-state index contributed by atoms with van der Waals surface area (Å²) in [4.78, 5) is 21.2. The average molecular weight is 310 g/mol. The van der Waals surface area contributed by atoms with Gasteiger partial charge in [-0.05, 0) is 24.3 Å². The van der Waals surface area contributed by atoms with Crippen LogP contribution in [0.2, 0.25) is 0 Å². The summed E-state index contributed by atoms with van der Waals surface area (Å²) >= 11 is 0. The lowest BCUT2D eigenvalue weighted by atomic mass is 10.3. The number of hydrogen-bond donors (Lipinski definition) is 0. The van der Waals surface area contributed by atoms with Gasteiger partial charge in [0.1, 0.15) is 5.82 Å². The second kappa shape index (κ2) is 5.85. The third-order valence-corrected chi connectivity index (χ3v) is 4.17. The standard InChI is InChI=1S/C16H18N6O/c23-16-21-8-4-2-6-15(21)18-22(16)13-19-9-11-20(12-10-19)14-5-1-3-7-17-14/h1-8H,9-13H2. The lowest BCUT2D eigenvalue weighted by Gasteiger charge is -2.34. The molecule has 0 N–H and O–H groups in total. The monoisotopic (exact) mass is 310 g/mol. The maximum Gasteiger partial charge on any atom is 0.351 e. The van der Waals surface area contributed by atoms with Crippen molar-refractivity contribution in [1.82, 2.24) is 24.1 Å². The predicted octanol–water partition coefficient (Wildman–Crippen LogP) is 0.671. The topological polar surface area (TPSA) is 58.7 Å². The molecule has 0 unspecified atom stereocenters. The van der Waals surface area contributed by atoms with Gasteiger partial charge in [0.15, 0.2) is 5.65 Å². The van der Waals surface area contributed by atoms with Crippen LogP contribution < -0.4 is 10.6 Å². The molecule has 7 nitrogen and oxygen atoms in total. The number of anilines is 1. The van der Waals surface area contributed by atoms with E-state index in [4.69, 9.17) is 0 Å². The first-order valence-corrected chi connectivity index (χ1v) is 7.74. The molecule has 0 aromatic carbocycles. The van der Waals surface area contributed by atoms with Crippen molar-refractivity contribution in [3.63, 3.8) is 0 Å². The van der Waals surface area contributed by atoms with Gasteiger partial charge in [0.25, 0.3) is 0 Å². The zero-order valence-corrected chi connectivity index (χ0v) is 12.7. The summed E-state index contributed by atoms with van der Waals surface area (Å²) in [5.41, 5.74) is 0.595. The normalized spacial score (nSPS) is 16.1. The van der Waals surface area contributed by atoms with E-state index in [2.05, 4.69) is 19.9 Å². The van der Waals surface area contributed by atoms with Crippen molar-refractivity contribution < 1.29 is 0 Å². The highest BCUT2D eigenvalue weighted by molar-refractivity contribution is 5.38. The molecule has 0 spiro atoms. The van der Waals surface area contributed by atoms with Crippen LogP contribution in [-0.2, 0) is 6.67 Å². The molecule has 3 aromatic rings. The smallest absolute Gasteiger partial charge is 0.351 e. The van der Waals surface area contributed by atoms with Gasteiger partial charge < -0.3 is 4.90 Å². The van der Waals surface area contributed by atoms with Crippen molar-refractivity contribution in [2.45, 2.75) is 6.67 Å². The van der Waals surface area contributed by atoms with Gasteiger partial charge in [0, 0.05) is 38.6 Å². The summed E-state index contributed by atoms with van der Waals surface area (Å²) in [6.45, 7) is 4.10. The Labute approximate surface area is 133 Å². The fourth-order valence-electron chi connectivity index (χ4n) is 2.91. The first-order chi connectivity index (χ1) is 11.3. The summed E-state index contributed by atoms with van der Waals surface area (Å²) in [7, 11) is 0. The van der Waals surface area contributed by atoms with E-state index < -0.39 is 0 Å². The summed E-state index contributed by atoms with van der Waals surface area (Å²) in [5.74, 6) is 1.01. The molecule has 3 aromatic heterocycles. The third-order valence-electron chi connectivity index (χ3n) is 4.17. The minimum atomic E-state index is -0.0900. The van der Waals surface area contributed by atoms with Gasteiger partial charge in [-0.3, -0.25) is 9.30 Å². The Kier molecular flexibility index (Phi) is 3.55. The fraction of sp³-hybridized carbons (Fsp3) is 0.312. The van der Waals surface area contributed by atoms with Gasteiger partial charge >= 0.3 is 5.69 Å². The van der Waals surface area contributed by atoms with Crippen LogP contribution in [0.3, 0.4) is 0 Å². The van der Waals surface area contributed by atoms with E-state index >= 15 is 0 Å². The maximum absolute atomic E-state index is 12.3. The molecule has 1 aliphatic rings. The molecule has 0 bridgehead atoms. The average Bonchev–Trinajstić information content (AvgIpc) is 2.93. The van der Waals surface area contributed by atoms with Crippen LogP contribution in [0.4, 0.5) is 5.82 Å². The highest BCUT2D eigenvalue weighted by atomic mass is 16.2. The third kappa shape index (κ3) is 2.70. The second-order valence-electron chi connectivity index (χ2n) is 5.65. The molecule has 1 fully saturated rings. The minimum Gasteiger partial charge on any atom is -0.354 e. The quantitative estimate of drug-likeness (QED) is 0.712. The van der Waals surface area contributed by atoms with Gasteiger partial charge in [-0.1, -0.05) is 12.1 Å². The minimum absolute atomic E-state index is 0.0900. The zero-order valence-electron chi connectivity index (χ0n) is 12.7. The number of aromatic nitrogens is 4. The van der Waals surface area contributed by atoms with Crippen molar-refractivity contribution in [2.75, 3.05) is 31.1 Å². The van der Waals surface area contributed by atoms with Crippen LogP contribution in [0.1, 0.15) is 0 Å². The fourth-order valence-corrected chi connectivity index (χ4v) is 2.91. The van der Waals surface area contributed by atoms with E-state index in [1.54, 1.807) is 10.6 Å². The molecule has 7 heteroatoms. The van der Waals surface area contributed by atoms with Crippen LogP contribution in [0, 0.1) is 0 Å². The number of hydrogen-bond acceptors (Lipinski definition) is 5. The van der Waals surface area contributed by atoms with Crippen LogP contribution in [0.5, 0.6) is 0 Å². The first kappa shape index (κ1) is 14.0. The van der Waals surface area contributed by atoms with Crippen LogP contribution in [0.25, 0.3) is 5.65 Å². The first-order valence-electron chi connectivity index (χ1n) is 7.74. The summed E-state index contributed by atoms with van der Waals surface area (Å²) in [5, 5.41) is 4.38. The van der Waals surface area contributed by atoms with E-state index in [9.17, 15) is 4.79 Å². The Hall–Kier alpha value is -2.67. The van der Waals surface area contributed by atoms with Crippen molar-refractivity contribution in [3.05, 3.63) is 59.3 Å². The molecule has 4 heterocycles. The van der Waals surface area contributed by atoms with Crippen molar-refractivity contribution in [2.24, 2.45) is 0 Å². The second-order valence-corrected chi connectivity index (χ2v) is 5.65. The molecule has 0 aliphatic carbocycles. The largest absolute Gasteiger partial charge is 0.354 e. The molecule has 23 heavy (non-hydrogen) atoms. The lowest BCUT2D eigenvalue weighted by molar-refractivity contribution is 0.192. The zero-order chi connectivity index (χ0) is 15.6. The Balaban J connectivity index is 1.45. The molecular weight excluding hydrogens is 292 g/mol. The molecular formula is C16H18N6O. The molecule has 1 saturated heterocycles. The van der Waals surface area contributed by atoms with Gasteiger partial charge in [-0.25, -0.2) is 9.78 Å². The molecule has 0 amide bonds. The molecule has 0 saturated carbocycles.